The molecule has 0 aliphatic heterocycles. The molecule has 0 bridgehead atoms. The average Bonchev–Trinajstić information content (AvgIpc) is 2.81. The van der Waals surface area contributed by atoms with Gasteiger partial charge >= 0.3 is 11.7 Å². The highest BCUT2D eigenvalue weighted by molar-refractivity contribution is 5.92. The van der Waals surface area contributed by atoms with Gasteiger partial charge in [0.25, 0.3) is 0 Å². The Morgan fingerprint density at radius 3 is 2.60 bits per heavy atom. The molecule has 1 aromatic carbocycles. The summed E-state index contributed by atoms with van der Waals surface area (Å²) in [5, 5.41) is 26.1. The molecule has 10 heteroatoms. The number of nitrogens with zero attached hydrogens (tertiary/aromatic N) is 3. The van der Waals surface area contributed by atoms with Gasteiger partial charge in [-0.2, -0.15) is 5.10 Å². The number of benzene rings is 1. The second-order valence-corrected chi connectivity index (χ2v) is 5.30. The number of nitro groups is 1. The van der Waals surface area contributed by atoms with Crippen molar-refractivity contribution in [2.45, 2.75) is 26.8 Å². The zero-order valence-electron chi connectivity index (χ0n) is 13.4. The molecule has 2 aromatic rings. The smallest absolute Gasteiger partial charge is 0.335 e. The van der Waals surface area contributed by atoms with Gasteiger partial charge in [0.05, 0.1) is 22.7 Å². The predicted molar refractivity (Wildman–Crippen MR) is 85.0 cm³/mol. The van der Waals surface area contributed by atoms with Crippen LogP contribution in [0.25, 0.3) is 0 Å². The van der Waals surface area contributed by atoms with E-state index < -0.39 is 22.6 Å². The monoisotopic (exact) mass is 350 g/mol. The van der Waals surface area contributed by atoms with Gasteiger partial charge in [-0.15, -0.1) is 0 Å². The Kier molecular flexibility index (Phi) is 5.11. The first-order valence-electron chi connectivity index (χ1n) is 7.21. The number of nitrogens with one attached hydrogen (secondary N) is 1. The number of hydrogen-bond donors (Lipinski definition) is 2. The van der Waals surface area contributed by atoms with Crippen molar-refractivity contribution in [1.82, 2.24) is 9.78 Å². The van der Waals surface area contributed by atoms with E-state index in [0.29, 0.717) is 5.69 Å². The number of carboxylic acids is 1. The normalized spacial score (nSPS) is 10.5. The van der Waals surface area contributed by atoms with Crippen LogP contribution in [-0.4, -0.2) is 31.7 Å². The fraction of sp³-hybridized carbons (Fsp3) is 0.267. The molecule has 0 spiro atoms. The molecule has 1 aromatic heterocycles. The summed E-state index contributed by atoms with van der Waals surface area (Å²) in [4.78, 5) is 33.1. The van der Waals surface area contributed by atoms with E-state index in [-0.39, 0.29) is 35.6 Å². The van der Waals surface area contributed by atoms with Crippen molar-refractivity contribution in [3.05, 3.63) is 51.1 Å². The van der Waals surface area contributed by atoms with Gasteiger partial charge in [0.15, 0.2) is 0 Å². The van der Waals surface area contributed by atoms with Gasteiger partial charge in [-0.3, -0.25) is 19.6 Å². The summed E-state index contributed by atoms with van der Waals surface area (Å²) in [5.41, 5.74) is 0.0982. The third kappa shape index (κ3) is 3.97. The number of aryl methyl sites for hydroxylation is 2. The Morgan fingerprint density at radius 1 is 1.40 bits per heavy atom. The number of aromatic nitrogens is 2. The SMILES string of the molecule is Cc1nn(CCC(=O)Nc2ccc(C(=O)O)cc2F)c(C)c1[N+](=O)[O-]. The van der Waals surface area contributed by atoms with Gasteiger partial charge in [-0.1, -0.05) is 0 Å². The topological polar surface area (TPSA) is 127 Å². The standard InChI is InChI=1S/C15H15FN4O5/c1-8-14(20(24)25)9(2)19(18-8)6-5-13(21)17-12-4-3-10(15(22)23)7-11(12)16/h3-4,7H,5-6H2,1-2H3,(H,17,21)(H,22,23). The largest absolute Gasteiger partial charge is 0.478 e. The Hall–Kier alpha value is -3.30. The van der Waals surface area contributed by atoms with Crippen LogP contribution in [-0.2, 0) is 11.3 Å². The number of carboxylic acid groups (broad SMARTS) is 1. The third-order valence-electron chi connectivity index (χ3n) is 3.57. The van der Waals surface area contributed by atoms with Gasteiger partial charge in [0.2, 0.25) is 5.91 Å². The molecule has 9 nitrogen and oxygen atoms in total. The third-order valence-corrected chi connectivity index (χ3v) is 3.57. The molecule has 0 radical (unpaired) electrons. The molecule has 1 amide bonds. The highest BCUT2D eigenvalue weighted by Gasteiger charge is 2.22. The van der Waals surface area contributed by atoms with Crippen LogP contribution < -0.4 is 5.32 Å². The van der Waals surface area contributed by atoms with Crippen molar-refractivity contribution < 1.29 is 24.0 Å². The summed E-state index contributed by atoms with van der Waals surface area (Å²) >= 11 is 0. The quantitative estimate of drug-likeness (QED) is 0.608. The summed E-state index contributed by atoms with van der Waals surface area (Å²) in [7, 11) is 0. The molecule has 0 unspecified atom stereocenters. The first-order valence-corrected chi connectivity index (χ1v) is 7.21. The van der Waals surface area contributed by atoms with E-state index in [1.807, 2.05) is 0 Å². The number of hydrogen-bond acceptors (Lipinski definition) is 5. The van der Waals surface area contributed by atoms with Crippen molar-refractivity contribution in [2.24, 2.45) is 0 Å². The van der Waals surface area contributed by atoms with Crippen LogP contribution >= 0.6 is 0 Å². The minimum atomic E-state index is -1.28. The maximum atomic E-state index is 13.8. The molecule has 0 aliphatic rings. The number of anilines is 1. The summed E-state index contributed by atoms with van der Waals surface area (Å²) in [6, 6.07) is 3.14. The van der Waals surface area contributed by atoms with E-state index in [1.165, 1.54) is 24.6 Å². The average molecular weight is 350 g/mol. The summed E-state index contributed by atoms with van der Waals surface area (Å²) in [6.45, 7) is 3.11. The molecule has 1 heterocycles. The van der Waals surface area contributed by atoms with E-state index in [0.717, 1.165) is 12.1 Å². The molecule has 2 rings (SSSR count). The minimum Gasteiger partial charge on any atom is -0.478 e. The number of rotatable bonds is 6. The van der Waals surface area contributed by atoms with Crippen molar-refractivity contribution in [2.75, 3.05) is 5.32 Å². The zero-order chi connectivity index (χ0) is 18.7. The fourth-order valence-corrected chi connectivity index (χ4v) is 2.34. The highest BCUT2D eigenvalue weighted by Crippen LogP contribution is 2.22. The van der Waals surface area contributed by atoms with Crippen molar-refractivity contribution >= 4 is 23.3 Å². The van der Waals surface area contributed by atoms with Crippen LogP contribution in [0.4, 0.5) is 15.8 Å². The zero-order valence-corrected chi connectivity index (χ0v) is 13.4. The molecule has 0 saturated heterocycles. The van der Waals surface area contributed by atoms with Crippen molar-refractivity contribution in [3.63, 3.8) is 0 Å². The first-order chi connectivity index (χ1) is 11.7. The van der Waals surface area contributed by atoms with Crippen LogP contribution in [0.5, 0.6) is 0 Å². The first kappa shape index (κ1) is 18.0. The molecule has 0 atom stereocenters. The van der Waals surface area contributed by atoms with Gasteiger partial charge in [0, 0.05) is 6.42 Å². The fourth-order valence-electron chi connectivity index (χ4n) is 2.34. The lowest BCUT2D eigenvalue weighted by Gasteiger charge is -2.08. The Labute approximate surface area is 141 Å². The molecule has 0 saturated carbocycles. The Morgan fingerprint density at radius 2 is 2.08 bits per heavy atom. The lowest BCUT2D eigenvalue weighted by atomic mass is 10.2. The van der Waals surface area contributed by atoms with E-state index in [2.05, 4.69) is 10.4 Å². The van der Waals surface area contributed by atoms with Gasteiger partial charge in [0.1, 0.15) is 17.2 Å². The number of amides is 1. The second-order valence-electron chi connectivity index (χ2n) is 5.30. The number of carbonyl (C=O) groups is 2. The van der Waals surface area contributed by atoms with E-state index >= 15 is 0 Å². The number of halogens is 1. The Bertz CT molecular complexity index is 862. The minimum absolute atomic E-state index is 0.0841. The highest BCUT2D eigenvalue weighted by atomic mass is 19.1. The summed E-state index contributed by atoms with van der Waals surface area (Å²) < 4.78 is 15.1. The lowest BCUT2D eigenvalue weighted by molar-refractivity contribution is -0.386. The molecule has 0 aliphatic carbocycles. The molecule has 25 heavy (non-hydrogen) atoms. The van der Waals surface area contributed by atoms with Gasteiger partial charge < -0.3 is 10.4 Å². The molecular formula is C15H15FN4O5. The van der Waals surface area contributed by atoms with E-state index in [9.17, 15) is 24.1 Å². The molecule has 132 valence electrons. The van der Waals surface area contributed by atoms with Crippen molar-refractivity contribution in [1.29, 1.82) is 0 Å². The number of aromatic carboxylic acids is 1. The van der Waals surface area contributed by atoms with Gasteiger partial charge in [-0.05, 0) is 32.0 Å². The molecule has 0 fully saturated rings. The molecular weight excluding hydrogens is 335 g/mol. The van der Waals surface area contributed by atoms with E-state index in [4.69, 9.17) is 5.11 Å². The van der Waals surface area contributed by atoms with Crippen LogP contribution in [0.2, 0.25) is 0 Å². The van der Waals surface area contributed by atoms with E-state index in [1.54, 1.807) is 0 Å². The molecule has 2 N–H and O–H groups in total. The van der Waals surface area contributed by atoms with Crippen LogP contribution in [0.15, 0.2) is 18.2 Å². The second kappa shape index (κ2) is 7.07. The van der Waals surface area contributed by atoms with Crippen LogP contribution in [0.3, 0.4) is 0 Å². The van der Waals surface area contributed by atoms with Gasteiger partial charge in [-0.25, -0.2) is 9.18 Å². The summed E-state index contributed by atoms with van der Waals surface area (Å²) in [6.07, 6.45) is -0.0841. The predicted octanol–water partition coefficient (Wildman–Crippen LogP) is 2.27. The van der Waals surface area contributed by atoms with Crippen LogP contribution in [0, 0.1) is 29.8 Å². The summed E-state index contributed by atoms with van der Waals surface area (Å²) in [5.74, 6) is -2.67. The maximum absolute atomic E-state index is 13.8. The Balaban J connectivity index is 2.03. The lowest BCUT2D eigenvalue weighted by Crippen LogP contribution is -2.16. The number of carbonyl (C=O) groups excluding carboxylic acids is 1. The maximum Gasteiger partial charge on any atom is 0.335 e. The van der Waals surface area contributed by atoms with Crippen LogP contribution in [0.1, 0.15) is 28.2 Å². The van der Waals surface area contributed by atoms with Crippen molar-refractivity contribution in [3.8, 4) is 0 Å².